The van der Waals surface area contributed by atoms with E-state index in [4.69, 9.17) is 17.3 Å². The van der Waals surface area contributed by atoms with Crippen LogP contribution in [0.2, 0.25) is 5.02 Å². The second kappa shape index (κ2) is 5.27. The van der Waals surface area contributed by atoms with Gasteiger partial charge in [0.2, 0.25) is 0 Å². The minimum Gasteiger partial charge on any atom is -0.330 e. The first kappa shape index (κ1) is 13.2. The zero-order valence-electron chi connectivity index (χ0n) is 11.3. The quantitative estimate of drug-likeness (QED) is 0.801. The van der Waals surface area contributed by atoms with E-state index in [1.54, 1.807) is 0 Å². The molecule has 2 aromatic carbocycles. The van der Waals surface area contributed by atoms with Crippen molar-refractivity contribution in [3.05, 3.63) is 64.9 Å². The molecular formula is C16H16ClN3. The van der Waals surface area contributed by atoms with Crippen LogP contribution in [0.3, 0.4) is 0 Å². The molecule has 20 heavy (non-hydrogen) atoms. The Labute approximate surface area is 123 Å². The summed E-state index contributed by atoms with van der Waals surface area (Å²) in [6, 6.07) is 15.8. The van der Waals surface area contributed by atoms with Gasteiger partial charge < -0.3 is 10.3 Å². The van der Waals surface area contributed by atoms with Crippen molar-refractivity contribution in [2.45, 2.75) is 12.5 Å². The Morgan fingerprint density at radius 3 is 2.60 bits per heavy atom. The van der Waals surface area contributed by atoms with Crippen LogP contribution in [0.15, 0.2) is 48.5 Å². The molecule has 0 aliphatic rings. The third kappa shape index (κ3) is 2.30. The van der Waals surface area contributed by atoms with Crippen molar-refractivity contribution >= 4 is 22.6 Å². The van der Waals surface area contributed by atoms with E-state index in [-0.39, 0.29) is 6.04 Å². The molecule has 0 radical (unpaired) electrons. The predicted molar refractivity (Wildman–Crippen MR) is 82.8 cm³/mol. The van der Waals surface area contributed by atoms with Gasteiger partial charge in [0.1, 0.15) is 5.82 Å². The zero-order valence-corrected chi connectivity index (χ0v) is 12.0. The van der Waals surface area contributed by atoms with Crippen molar-refractivity contribution in [3.63, 3.8) is 0 Å². The molecule has 0 saturated carbocycles. The van der Waals surface area contributed by atoms with Gasteiger partial charge in [-0.15, -0.1) is 0 Å². The van der Waals surface area contributed by atoms with Crippen molar-refractivity contribution in [3.8, 4) is 0 Å². The average Bonchev–Trinajstić information content (AvgIpc) is 2.78. The molecular weight excluding hydrogens is 270 g/mol. The number of aromatic nitrogens is 2. The molecule has 3 aromatic rings. The molecule has 0 aliphatic heterocycles. The highest BCUT2D eigenvalue weighted by atomic mass is 35.5. The summed E-state index contributed by atoms with van der Waals surface area (Å²) in [5.41, 5.74) is 9.26. The number of halogens is 1. The van der Waals surface area contributed by atoms with Gasteiger partial charge in [-0.2, -0.15) is 0 Å². The molecule has 0 spiro atoms. The standard InChI is InChI=1S/C16H16ClN3/c1-20-15(10-13(18)11-6-3-2-4-7-11)19-14-9-5-8-12(17)16(14)20/h2-9,13H,10,18H2,1H3. The highest BCUT2D eigenvalue weighted by Crippen LogP contribution is 2.25. The van der Waals surface area contributed by atoms with Crippen molar-refractivity contribution in [1.82, 2.24) is 9.55 Å². The van der Waals surface area contributed by atoms with Crippen LogP contribution in [0.1, 0.15) is 17.4 Å². The summed E-state index contributed by atoms with van der Waals surface area (Å²) in [4.78, 5) is 4.64. The number of nitrogens with zero attached hydrogens (tertiary/aromatic N) is 2. The third-order valence-corrected chi connectivity index (χ3v) is 3.87. The fourth-order valence-electron chi connectivity index (χ4n) is 2.47. The maximum Gasteiger partial charge on any atom is 0.111 e. The maximum absolute atomic E-state index is 6.27. The van der Waals surface area contributed by atoms with Gasteiger partial charge in [0.25, 0.3) is 0 Å². The number of benzene rings is 2. The number of imidazole rings is 1. The lowest BCUT2D eigenvalue weighted by Crippen LogP contribution is -2.15. The molecule has 1 heterocycles. The Hall–Kier alpha value is -1.84. The van der Waals surface area contributed by atoms with Crippen LogP contribution in [0.25, 0.3) is 11.0 Å². The zero-order chi connectivity index (χ0) is 14.1. The van der Waals surface area contributed by atoms with E-state index in [1.165, 1.54) is 0 Å². The fraction of sp³-hybridized carbons (Fsp3) is 0.188. The third-order valence-electron chi connectivity index (χ3n) is 3.57. The Balaban J connectivity index is 1.96. The number of nitrogens with two attached hydrogens (primary N) is 1. The average molecular weight is 286 g/mol. The summed E-state index contributed by atoms with van der Waals surface area (Å²) in [5.74, 6) is 0.949. The summed E-state index contributed by atoms with van der Waals surface area (Å²) < 4.78 is 2.03. The number of rotatable bonds is 3. The highest BCUT2D eigenvalue weighted by Gasteiger charge is 2.14. The smallest absolute Gasteiger partial charge is 0.111 e. The summed E-state index contributed by atoms with van der Waals surface area (Å²) in [5, 5.41) is 0.719. The first-order valence-corrected chi connectivity index (χ1v) is 6.95. The van der Waals surface area contributed by atoms with E-state index in [1.807, 2.05) is 60.1 Å². The molecule has 3 nitrogen and oxygen atoms in total. The van der Waals surface area contributed by atoms with Gasteiger partial charge in [-0.25, -0.2) is 4.98 Å². The van der Waals surface area contributed by atoms with E-state index >= 15 is 0 Å². The molecule has 4 heteroatoms. The van der Waals surface area contributed by atoms with E-state index < -0.39 is 0 Å². The van der Waals surface area contributed by atoms with Crippen LogP contribution in [0.5, 0.6) is 0 Å². The number of para-hydroxylation sites is 1. The largest absolute Gasteiger partial charge is 0.330 e. The van der Waals surface area contributed by atoms with Gasteiger partial charge >= 0.3 is 0 Å². The molecule has 3 rings (SSSR count). The van der Waals surface area contributed by atoms with Crippen LogP contribution >= 0.6 is 11.6 Å². The predicted octanol–water partition coefficient (Wildman–Crippen LogP) is 3.47. The van der Waals surface area contributed by atoms with Crippen LogP contribution < -0.4 is 5.73 Å². The SMILES string of the molecule is Cn1c(CC(N)c2ccccc2)nc2cccc(Cl)c21. The van der Waals surface area contributed by atoms with Crippen molar-refractivity contribution in [1.29, 1.82) is 0 Å². The van der Waals surface area contributed by atoms with E-state index in [9.17, 15) is 0 Å². The lowest BCUT2D eigenvalue weighted by Gasteiger charge is -2.11. The van der Waals surface area contributed by atoms with E-state index in [0.29, 0.717) is 6.42 Å². The topological polar surface area (TPSA) is 43.8 Å². The normalized spacial score (nSPS) is 12.8. The van der Waals surface area contributed by atoms with Crippen LogP contribution in [-0.4, -0.2) is 9.55 Å². The Morgan fingerprint density at radius 1 is 1.15 bits per heavy atom. The van der Waals surface area contributed by atoms with Crippen LogP contribution in [0.4, 0.5) is 0 Å². The van der Waals surface area contributed by atoms with Gasteiger partial charge in [0.05, 0.1) is 16.1 Å². The molecule has 0 bridgehead atoms. The minimum absolute atomic E-state index is 0.0644. The van der Waals surface area contributed by atoms with Crippen molar-refractivity contribution in [2.24, 2.45) is 12.8 Å². The van der Waals surface area contributed by atoms with Crippen LogP contribution in [-0.2, 0) is 13.5 Å². The summed E-state index contributed by atoms with van der Waals surface area (Å²) in [7, 11) is 1.98. The van der Waals surface area contributed by atoms with Gasteiger partial charge in [0, 0.05) is 19.5 Å². The number of hydrogen-bond donors (Lipinski definition) is 1. The van der Waals surface area contributed by atoms with Gasteiger partial charge in [-0.1, -0.05) is 48.0 Å². The Morgan fingerprint density at radius 2 is 1.90 bits per heavy atom. The van der Waals surface area contributed by atoms with Gasteiger partial charge in [-0.3, -0.25) is 0 Å². The molecule has 102 valence electrons. The summed E-state index contributed by atoms with van der Waals surface area (Å²) in [6.07, 6.45) is 0.686. The first-order valence-electron chi connectivity index (χ1n) is 6.57. The monoisotopic (exact) mass is 285 g/mol. The second-order valence-electron chi connectivity index (χ2n) is 4.92. The molecule has 0 aliphatic carbocycles. The number of aryl methyl sites for hydroxylation is 1. The number of hydrogen-bond acceptors (Lipinski definition) is 2. The van der Waals surface area contributed by atoms with Crippen LogP contribution in [0, 0.1) is 0 Å². The molecule has 1 atom stereocenters. The molecule has 1 unspecified atom stereocenters. The van der Waals surface area contributed by atoms with E-state index in [2.05, 4.69) is 4.98 Å². The number of fused-ring (bicyclic) bond motifs is 1. The van der Waals surface area contributed by atoms with Gasteiger partial charge in [0.15, 0.2) is 0 Å². The molecule has 0 fully saturated rings. The molecule has 0 amide bonds. The fourth-order valence-corrected chi connectivity index (χ4v) is 2.76. The van der Waals surface area contributed by atoms with E-state index in [0.717, 1.165) is 27.4 Å². The summed E-state index contributed by atoms with van der Waals surface area (Å²) >= 11 is 6.24. The second-order valence-corrected chi connectivity index (χ2v) is 5.32. The first-order chi connectivity index (χ1) is 9.66. The molecule has 2 N–H and O–H groups in total. The highest BCUT2D eigenvalue weighted by molar-refractivity contribution is 6.35. The molecule has 0 saturated heterocycles. The van der Waals surface area contributed by atoms with Gasteiger partial charge in [-0.05, 0) is 17.7 Å². The summed E-state index contributed by atoms with van der Waals surface area (Å²) in [6.45, 7) is 0. The lowest BCUT2D eigenvalue weighted by atomic mass is 10.0. The minimum atomic E-state index is -0.0644. The maximum atomic E-state index is 6.27. The Bertz CT molecular complexity index is 734. The molecule has 1 aromatic heterocycles. The Kier molecular flexibility index (Phi) is 3.47. The van der Waals surface area contributed by atoms with Crippen molar-refractivity contribution < 1.29 is 0 Å². The lowest BCUT2D eigenvalue weighted by molar-refractivity contribution is 0.665. The van der Waals surface area contributed by atoms with Crippen molar-refractivity contribution in [2.75, 3.05) is 0 Å².